The van der Waals surface area contributed by atoms with Gasteiger partial charge in [-0.05, 0) is 6.92 Å². The van der Waals surface area contributed by atoms with Crippen molar-refractivity contribution in [3.63, 3.8) is 0 Å². The van der Waals surface area contributed by atoms with E-state index in [4.69, 9.17) is 16.9 Å². The number of rotatable bonds is 1. The molecule has 0 aromatic heterocycles. The average molecular weight is 168 g/mol. The van der Waals surface area contributed by atoms with Crippen molar-refractivity contribution in [3.8, 4) is 0 Å². The lowest BCUT2D eigenvalue weighted by Crippen LogP contribution is -2.46. The van der Waals surface area contributed by atoms with Crippen molar-refractivity contribution in [2.24, 2.45) is 16.5 Å². The molecule has 0 spiro atoms. The summed E-state index contributed by atoms with van der Waals surface area (Å²) in [7, 11) is 0. The van der Waals surface area contributed by atoms with Crippen LogP contribution in [0.3, 0.4) is 0 Å². The van der Waals surface area contributed by atoms with Gasteiger partial charge in [-0.15, -0.1) is 0 Å². The predicted molar refractivity (Wildman–Crippen MR) is 47.1 cm³/mol. The summed E-state index contributed by atoms with van der Waals surface area (Å²) in [6, 6.07) is 0. The molecule has 12 heavy (non-hydrogen) atoms. The van der Waals surface area contributed by atoms with Crippen molar-refractivity contribution in [1.82, 2.24) is 10.4 Å². The average Bonchev–Trinajstić information content (AvgIpc) is 2.04. The second-order valence-electron chi connectivity index (χ2n) is 2.28. The summed E-state index contributed by atoms with van der Waals surface area (Å²) < 4.78 is 0. The fourth-order valence-electron chi connectivity index (χ4n) is 0.877. The lowest BCUT2D eigenvalue weighted by atomic mass is 10.3. The lowest BCUT2D eigenvalue weighted by molar-refractivity contribution is 0.392. The van der Waals surface area contributed by atoms with Gasteiger partial charge in [0.15, 0.2) is 5.84 Å². The molecule has 1 heterocycles. The number of amidine groups is 1. The van der Waals surface area contributed by atoms with Crippen LogP contribution in [0.1, 0.15) is 6.92 Å². The maximum Gasteiger partial charge on any atom is 0.169 e. The Morgan fingerprint density at radius 3 is 2.92 bits per heavy atom. The van der Waals surface area contributed by atoms with E-state index in [-0.39, 0.29) is 11.7 Å². The first kappa shape index (κ1) is 8.38. The standard InChI is InChI=1S/C6H12N6/c1-2-12-6(9)4(5(7)8)10-3-11-12/h3,9H,2,7-8H2,1H3,(H,10,11). The number of hydrogen-bond acceptors (Lipinski definition) is 5. The van der Waals surface area contributed by atoms with Gasteiger partial charge in [-0.25, -0.2) is 4.99 Å². The summed E-state index contributed by atoms with van der Waals surface area (Å²) in [5.41, 5.74) is 13.7. The maximum absolute atomic E-state index is 7.57. The molecule has 6 nitrogen and oxygen atoms in total. The number of aliphatic imine (C=N–C) groups is 1. The Bertz CT molecular complexity index is 249. The first-order chi connectivity index (χ1) is 5.66. The van der Waals surface area contributed by atoms with Crippen LogP contribution in [0.5, 0.6) is 0 Å². The zero-order chi connectivity index (χ0) is 9.14. The van der Waals surface area contributed by atoms with Crippen LogP contribution in [-0.2, 0) is 0 Å². The third-order valence-corrected chi connectivity index (χ3v) is 1.49. The van der Waals surface area contributed by atoms with Gasteiger partial charge < -0.3 is 11.5 Å². The largest absolute Gasteiger partial charge is 0.384 e. The van der Waals surface area contributed by atoms with Crippen molar-refractivity contribution in [2.45, 2.75) is 6.92 Å². The summed E-state index contributed by atoms with van der Waals surface area (Å²) in [4.78, 5) is 3.84. The second kappa shape index (κ2) is 3.12. The minimum Gasteiger partial charge on any atom is -0.384 e. The molecule has 0 radical (unpaired) electrons. The molecule has 0 aromatic rings. The molecule has 1 aliphatic heterocycles. The van der Waals surface area contributed by atoms with Crippen LogP contribution in [0.15, 0.2) is 16.5 Å². The monoisotopic (exact) mass is 168 g/mol. The molecule has 1 rings (SSSR count). The third-order valence-electron chi connectivity index (χ3n) is 1.49. The molecular formula is C6H12N6. The molecule has 6 heteroatoms. The van der Waals surface area contributed by atoms with Crippen LogP contribution >= 0.6 is 0 Å². The molecular weight excluding hydrogens is 156 g/mol. The highest BCUT2D eigenvalue weighted by Crippen LogP contribution is 2.05. The summed E-state index contributed by atoms with van der Waals surface area (Å²) in [6.07, 6.45) is 1.45. The summed E-state index contributed by atoms with van der Waals surface area (Å²) in [5.74, 6) is 0.260. The molecule has 0 bridgehead atoms. The molecule has 0 saturated heterocycles. The van der Waals surface area contributed by atoms with E-state index in [9.17, 15) is 0 Å². The van der Waals surface area contributed by atoms with Crippen LogP contribution in [0.25, 0.3) is 0 Å². The van der Waals surface area contributed by atoms with Crippen molar-refractivity contribution in [1.29, 1.82) is 5.41 Å². The van der Waals surface area contributed by atoms with Gasteiger partial charge in [0.05, 0.1) is 0 Å². The SMILES string of the molecule is CCN1NC=NC(=C(N)N)C1=N. The smallest absolute Gasteiger partial charge is 0.169 e. The highest BCUT2D eigenvalue weighted by Gasteiger charge is 2.16. The van der Waals surface area contributed by atoms with E-state index in [0.29, 0.717) is 12.2 Å². The predicted octanol–water partition coefficient (Wildman–Crippen LogP) is -1.08. The first-order valence-corrected chi connectivity index (χ1v) is 3.57. The van der Waals surface area contributed by atoms with Gasteiger partial charge in [0.25, 0.3) is 0 Å². The van der Waals surface area contributed by atoms with E-state index in [1.165, 1.54) is 6.34 Å². The maximum atomic E-state index is 7.57. The van der Waals surface area contributed by atoms with Crippen molar-refractivity contribution in [2.75, 3.05) is 6.54 Å². The highest BCUT2D eigenvalue weighted by atomic mass is 15.5. The number of nitrogens with one attached hydrogen (secondary N) is 2. The van der Waals surface area contributed by atoms with Gasteiger partial charge in [0.1, 0.15) is 17.9 Å². The Morgan fingerprint density at radius 2 is 2.42 bits per heavy atom. The molecule has 0 amide bonds. The van der Waals surface area contributed by atoms with E-state index in [1.807, 2.05) is 6.92 Å². The topological polar surface area (TPSA) is 104 Å². The second-order valence-corrected chi connectivity index (χ2v) is 2.28. The third kappa shape index (κ3) is 1.31. The summed E-state index contributed by atoms with van der Waals surface area (Å²) in [5, 5.41) is 9.15. The molecule has 0 atom stereocenters. The van der Waals surface area contributed by atoms with Gasteiger partial charge in [-0.1, -0.05) is 0 Å². The van der Waals surface area contributed by atoms with Crippen molar-refractivity contribution < 1.29 is 0 Å². The summed E-state index contributed by atoms with van der Waals surface area (Å²) in [6.45, 7) is 2.56. The fourth-order valence-corrected chi connectivity index (χ4v) is 0.877. The first-order valence-electron chi connectivity index (χ1n) is 3.57. The number of hydrazine groups is 1. The van der Waals surface area contributed by atoms with Gasteiger partial charge in [0, 0.05) is 6.54 Å². The van der Waals surface area contributed by atoms with Crippen LogP contribution in [0.2, 0.25) is 0 Å². The van der Waals surface area contributed by atoms with E-state index >= 15 is 0 Å². The molecule has 6 N–H and O–H groups in total. The van der Waals surface area contributed by atoms with Crippen LogP contribution in [0.4, 0.5) is 0 Å². The molecule has 66 valence electrons. The Labute approximate surface area is 70.4 Å². The molecule has 0 fully saturated rings. The molecule has 0 saturated carbocycles. The zero-order valence-electron chi connectivity index (χ0n) is 6.83. The number of hydrogen-bond donors (Lipinski definition) is 4. The van der Waals surface area contributed by atoms with Crippen molar-refractivity contribution >= 4 is 12.2 Å². The van der Waals surface area contributed by atoms with E-state index in [1.54, 1.807) is 5.01 Å². The Kier molecular flexibility index (Phi) is 2.18. The lowest BCUT2D eigenvalue weighted by Gasteiger charge is -2.26. The Balaban J connectivity index is 2.94. The number of nitrogens with two attached hydrogens (primary N) is 2. The van der Waals surface area contributed by atoms with Gasteiger partial charge >= 0.3 is 0 Å². The van der Waals surface area contributed by atoms with Gasteiger partial charge in [-0.2, -0.15) is 0 Å². The Hall–Kier alpha value is -1.72. The molecule has 0 aromatic carbocycles. The summed E-state index contributed by atoms with van der Waals surface area (Å²) >= 11 is 0. The number of nitrogens with zero attached hydrogens (tertiary/aromatic N) is 2. The normalized spacial score (nSPS) is 16.2. The van der Waals surface area contributed by atoms with Crippen LogP contribution in [-0.4, -0.2) is 23.7 Å². The molecule has 0 aliphatic carbocycles. The van der Waals surface area contributed by atoms with E-state index < -0.39 is 0 Å². The van der Waals surface area contributed by atoms with Crippen LogP contribution < -0.4 is 16.9 Å². The van der Waals surface area contributed by atoms with Gasteiger partial charge in [0.2, 0.25) is 0 Å². The van der Waals surface area contributed by atoms with E-state index in [2.05, 4.69) is 10.4 Å². The zero-order valence-corrected chi connectivity index (χ0v) is 6.83. The fraction of sp³-hybridized carbons (Fsp3) is 0.333. The van der Waals surface area contributed by atoms with Crippen molar-refractivity contribution in [3.05, 3.63) is 11.5 Å². The molecule has 0 unspecified atom stereocenters. The van der Waals surface area contributed by atoms with E-state index in [0.717, 1.165) is 0 Å². The number of likely N-dealkylation sites (N-methyl/N-ethyl adjacent to an activating group) is 1. The minimum atomic E-state index is 0.0659. The minimum absolute atomic E-state index is 0.0659. The Morgan fingerprint density at radius 1 is 1.75 bits per heavy atom. The van der Waals surface area contributed by atoms with Crippen LogP contribution in [0, 0.1) is 5.41 Å². The van der Waals surface area contributed by atoms with Gasteiger partial charge in [-0.3, -0.25) is 15.8 Å². The highest BCUT2D eigenvalue weighted by molar-refractivity contribution is 5.99. The quantitative estimate of drug-likeness (QED) is 0.399. The molecule has 1 aliphatic rings.